The van der Waals surface area contributed by atoms with Crippen LogP contribution in [0.15, 0.2) is 59.6 Å². The third-order valence-electron chi connectivity index (χ3n) is 3.26. The Morgan fingerprint density at radius 2 is 1.74 bits per heavy atom. The van der Waals surface area contributed by atoms with Crippen molar-refractivity contribution in [3.63, 3.8) is 0 Å². The molecule has 7 heteroatoms. The largest absolute Gasteiger partial charge is 0.270 e. The summed E-state index contributed by atoms with van der Waals surface area (Å²) in [6, 6.07) is 13.4. The summed E-state index contributed by atoms with van der Waals surface area (Å²) in [5.41, 5.74) is 1.29. The number of imidazole rings is 1. The van der Waals surface area contributed by atoms with Crippen LogP contribution in [0, 0.1) is 6.92 Å². The lowest BCUT2D eigenvalue weighted by molar-refractivity contribution is 0.588. The summed E-state index contributed by atoms with van der Waals surface area (Å²) in [4.78, 5) is 4.28. The minimum atomic E-state index is -3.91. The summed E-state index contributed by atoms with van der Waals surface area (Å²) in [5, 5.41) is 0.408. The van der Waals surface area contributed by atoms with Crippen molar-refractivity contribution < 1.29 is 8.42 Å². The third-order valence-corrected chi connectivity index (χ3v) is 5.62. The Kier molecular flexibility index (Phi) is 4.19. The molecule has 23 heavy (non-hydrogen) atoms. The predicted molar refractivity (Wildman–Crippen MR) is 91.4 cm³/mol. The SMILES string of the molecule is Cc1cn(S(=O)(=O)c2cc(Cl)ccc2Cl)c(-c2ccccc2)n1. The first-order valence-electron chi connectivity index (χ1n) is 6.71. The lowest BCUT2D eigenvalue weighted by Gasteiger charge is -2.11. The Hall–Kier alpha value is -1.82. The molecule has 2 aromatic carbocycles. The summed E-state index contributed by atoms with van der Waals surface area (Å²) in [6.45, 7) is 1.73. The summed E-state index contributed by atoms with van der Waals surface area (Å²) >= 11 is 12.0. The van der Waals surface area contributed by atoms with Gasteiger partial charge in [0, 0.05) is 16.8 Å². The number of rotatable bonds is 3. The molecule has 0 N–H and O–H groups in total. The van der Waals surface area contributed by atoms with Crippen molar-refractivity contribution in [2.75, 3.05) is 0 Å². The van der Waals surface area contributed by atoms with E-state index in [2.05, 4.69) is 4.98 Å². The van der Waals surface area contributed by atoms with Crippen LogP contribution in [-0.2, 0) is 10.0 Å². The fraction of sp³-hybridized carbons (Fsp3) is 0.0625. The molecule has 0 aliphatic carbocycles. The van der Waals surface area contributed by atoms with Crippen LogP contribution in [0.1, 0.15) is 5.69 Å². The Morgan fingerprint density at radius 1 is 1.04 bits per heavy atom. The van der Waals surface area contributed by atoms with Crippen LogP contribution >= 0.6 is 23.2 Å². The second-order valence-electron chi connectivity index (χ2n) is 4.95. The molecule has 3 aromatic rings. The van der Waals surface area contributed by atoms with E-state index in [0.29, 0.717) is 22.1 Å². The van der Waals surface area contributed by atoms with Gasteiger partial charge in [0.2, 0.25) is 0 Å². The van der Waals surface area contributed by atoms with Crippen molar-refractivity contribution in [1.29, 1.82) is 0 Å². The zero-order valence-corrected chi connectivity index (χ0v) is 14.4. The van der Waals surface area contributed by atoms with Crippen LogP contribution < -0.4 is 0 Å². The molecule has 0 aliphatic heterocycles. The maximum Gasteiger partial charge on any atom is 0.270 e. The molecule has 0 atom stereocenters. The standard InChI is InChI=1S/C16H12Cl2N2O2S/c1-11-10-20(16(19-11)12-5-3-2-4-6-12)23(21,22)15-9-13(17)7-8-14(15)18/h2-10H,1H3. The van der Waals surface area contributed by atoms with Crippen LogP contribution in [0.5, 0.6) is 0 Å². The van der Waals surface area contributed by atoms with Crippen LogP contribution in [0.2, 0.25) is 10.0 Å². The maximum atomic E-state index is 13.0. The molecule has 0 saturated carbocycles. The molecular formula is C16H12Cl2N2O2S. The second-order valence-corrected chi connectivity index (χ2v) is 7.57. The summed E-state index contributed by atoms with van der Waals surface area (Å²) in [5.74, 6) is 0.333. The molecule has 1 aromatic heterocycles. The second kappa shape index (κ2) is 6.00. The number of hydrogen-bond acceptors (Lipinski definition) is 3. The average Bonchev–Trinajstić information content (AvgIpc) is 2.93. The fourth-order valence-electron chi connectivity index (χ4n) is 2.22. The van der Waals surface area contributed by atoms with Gasteiger partial charge in [-0.2, -0.15) is 0 Å². The lowest BCUT2D eigenvalue weighted by atomic mass is 10.2. The van der Waals surface area contributed by atoms with Crippen molar-refractivity contribution in [3.05, 3.63) is 70.5 Å². The van der Waals surface area contributed by atoms with E-state index in [1.165, 1.54) is 18.3 Å². The summed E-state index contributed by atoms with van der Waals surface area (Å²) < 4.78 is 27.1. The average molecular weight is 367 g/mol. The summed E-state index contributed by atoms with van der Waals surface area (Å²) in [7, 11) is -3.91. The van der Waals surface area contributed by atoms with Crippen molar-refractivity contribution >= 4 is 33.2 Å². The van der Waals surface area contributed by atoms with Crippen LogP contribution in [0.4, 0.5) is 0 Å². The quantitative estimate of drug-likeness (QED) is 0.689. The van der Waals surface area contributed by atoms with Crippen molar-refractivity contribution in [3.8, 4) is 11.4 Å². The molecule has 0 saturated heterocycles. The topological polar surface area (TPSA) is 52.0 Å². The Bertz CT molecular complexity index is 967. The lowest BCUT2D eigenvalue weighted by Crippen LogP contribution is -2.14. The van der Waals surface area contributed by atoms with Gasteiger partial charge in [-0.25, -0.2) is 17.4 Å². The minimum Gasteiger partial charge on any atom is -0.233 e. The van der Waals surface area contributed by atoms with Gasteiger partial charge in [-0.15, -0.1) is 0 Å². The van der Waals surface area contributed by atoms with E-state index in [1.54, 1.807) is 25.1 Å². The molecular weight excluding hydrogens is 355 g/mol. The van der Waals surface area contributed by atoms with Crippen LogP contribution in [-0.4, -0.2) is 17.4 Å². The van der Waals surface area contributed by atoms with Gasteiger partial charge in [-0.3, -0.25) is 0 Å². The Labute approximate surface area is 144 Å². The van der Waals surface area contributed by atoms with E-state index >= 15 is 0 Å². The number of benzene rings is 2. The van der Waals surface area contributed by atoms with Gasteiger partial charge in [0.15, 0.2) is 5.82 Å². The van der Waals surface area contributed by atoms with Crippen molar-refractivity contribution in [2.45, 2.75) is 11.8 Å². The van der Waals surface area contributed by atoms with E-state index in [4.69, 9.17) is 23.2 Å². The molecule has 0 radical (unpaired) electrons. The number of aromatic nitrogens is 2. The smallest absolute Gasteiger partial charge is 0.233 e. The van der Waals surface area contributed by atoms with E-state index in [-0.39, 0.29) is 9.92 Å². The number of aryl methyl sites for hydroxylation is 1. The highest BCUT2D eigenvalue weighted by atomic mass is 35.5. The Balaban J connectivity index is 2.24. The van der Waals surface area contributed by atoms with Gasteiger partial charge in [0.25, 0.3) is 10.0 Å². The molecule has 0 amide bonds. The van der Waals surface area contributed by atoms with E-state index in [9.17, 15) is 8.42 Å². The predicted octanol–water partition coefficient (Wildman–Crippen LogP) is 4.40. The van der Waals surface area contributed by atoms with Crippen molar-refractivity contribution in [2.24, 2.45) is 0 Å². The first kappa shape index (κ1) is 16.1. The molecule has 0 aliphatic rings. The maximum absolute atomic E-state index is 13.0. The van der Waals surface area contributed by atoms with Gasteiger partial charge in [0.1, 0.15) is 4.90 Å². The van der Waals surface area contributed by atoms with Crippen LogP contribution in [0.25, 0.3) is 11.4 Å². The molecule has 3 rings (SSSR count). The molecule has 1 heterocycles. The van der Waals surface area contributed by atoms with Gasteiger partial charge < -0.3 is 0 Å². The van der Waals surface area contributed by atoms with Gasteiger partial charge in [-0.05, 0) is 25.1 Å². The number of nitrogens with zero attached hydrogens (tertiary/aromatic N) is 2. The monoisotopic (exact) mass is 366 g/mol. The highest BCUT2D eigenvalue weighted by Crippen LogP contribution is 2.30. The molecule has 0 fully saturated rings. The number of hydrogen-bond donors (Lipinski definition) is 0. The zero-order valence-electron chi connectivity index (χ0n) is 12.1. The highest BCUT2D eigenvalue weighted by Gasteiger charge is 2.25. The van der Waals surface area contributed by atoms with E-state index < -0.39 is 10.0 Å². The molecule has 0 bridgehead atoms. The fourth-order valence-corrected chi connectivity index (χ4v) is 4.33. The number of halogens is 2. The first-order valence-corrected chi connectivity index (χ1v) is 8.91. The zero-order chi connectivity index (χ0) is 16.6. The first-order chi connectivity index (χ1) is 10.9. The van der Waals surface area contributed by atoms with Gasteiger partial charge in [-0.1, -0.05) is 53.5 Å². The molecule has 0 spiro atoms. The van der Waals surface area contributed by atoms with E-state index in [1.807, 2.05) is 18.2 Å². The molecule has 118 valence electrons. The molecule has 4 nitrogen and oxygen atoms in total. The highest BCUT2D eigenvalue weighted by molar-refractivity contribution is 7.90. The normalized spacial score (nSPS) is 11.6. The third kappa shape index (κ3) is 3.00. The Morgan fingerprint density at radius 3 is 2.43 bits per heavy atom. The minimum absolute atomic E-state index is 0.0544. The van der Waals surface area contributed by atoms with E-state index in [0.717, 1.165) is 3.97 Å². The van der Waals surface area contributed by atoms with Crippen molar-refractivity contribution in [1.82, 2.24) is 8.96 Å². The summed E-state index contributed by atoms with van der Waals surface area (Å²) in [6.07, 6.45) is 1.47. The molecule has 0 unspecified atom stereocenters. The van der Waals surface area contributed by atoms with Gasteiger partial charge >= 0.3 is 0 Å². The van der Waals surface area contributed by atoms with Gasteiger partial charge in [0.05, 0.1) is 10.7 Å². The van der Waals surface area contributed by atoms with Crippen LogP contribution in [0.3, 0.4) is 0 Å².